The molecule has 0 amide bonds. The largest absolute Gasteiger partial charge is 0.477 e. The molecule has 0 rings (SSSR count). The minimum Gasteiger partial charge on any atom is -0.477 e. The third-order valence-electron chi connectivity index (χ3n) is 1.44. The van der Waals surface area contributed by atoms with Crippen LogP contribution >= 0.6 is 74.5 Å². The molecule has 0 heterocycles. The number of nitrogens with zero attached hydrogens (tertiary/aromatic N) is 1. The highest BCUT2D eigenvalue weighted by Crippen LogP contribution is 1.99. The predicted octanol–water partition coefficient (Wildman–Crippen LogP) is 1.97. The highest BCUT2D eigenvalue weighted by molar-refractivity contribution is 8.11. The number of ether oxygens (including phenoxy) is 2. The van der Waals surface area contributed by atoms with Crippen molar-refractivity contribution < 1.29 is 9.47 Å². The maximum Gasteiger partial charge on any atom is 0.216 e. The fourth-order valence-electron chi connectivity index (χ4n) is 0.789. The Morgan fingerprint density at radius 3 is 1.50 bits per heavy atom. The molecule has 0 aliphatic carbocycles. The molecule has 92 valence electrons. The van der Waals surface area contributed by atoms with Crippen LogP contribution < -0.4 is 0 Å². The number of thiol groups is 3. The number of hydrogen-bond acceptors (Lipinski definition) is 5. The molecule has 0 unspecified atom stereocenters. The highest BCUT2D eigenvalue weighted by Gasteiger charge is 2.06. The summed E-state index contributed by atoms with van der Waals surface area (Å²) in [4.78, 5) is 1.80. The molecule has 0 aromatic carbocycles. The Morgan fingerprint density at radius 1 is 0.875 bits per heavy atom. The Bertz CT molecular complexity index is 252. The van der Waals surface area contributed by atoms with E-state index in [0.29, 0.717) is 30.6 Å². The second kappa shape index (κ2) is 9.72. The van der Waals surface area contributed by atoms with E-state index in [1.165, 1.54) is 0 Å². The van der Waals surface area contributed by atoms with Gasteiger partial charge in [0.2, 0.25) is 8.77 Å². The molecule has 3 nitrogen and oxygen atoms in total. The van der Waals surface area contributed by atoms with E-state index in [9.17, 15) is 0 Å². The third kappa shape index (κ3) is 9.91. The topological polar surface area (TPSA) is 21.7 Å². The summed E-state index contributed by atoms with van der Waals surface area (Å²) < 4.78 is 10.9. The van der Waals surface area contributed by atoms with Gasteiger partial charge in [0.05, 0.1) is 13.1 Å². The second-order valence-corrected chi connectivity index (χ2v) is 5.77. The number of hydrogen-bond donors (Lipinski definition) is 3. The molecule has 0 atom stereocenters. The summed E-state index contributed by atoms with van der Waals surface area (Å²) in [7, 11) is 0. The van der Waals surface area contributed by atoms with Crippen LogP contribution in [-0.4, -0.2) is 44.3 Å². The van der Waals surface area contributed by atoms with Crippen LogP contribution in [0.15, 0.2) is 0 Å². The quantitative estimate of drug-likeness (QED) is 0.507. The molecule has 0 fully saturated rings. The maximum absolute atomic E-state index is 5.03. The minimum atomic E-state index is 0.206. The van der Waals surface area contributed by atoms with Crippen LogP contribution in [0.4, 0.5) is 0 Å². The Labute approximate surface area is 127 Å². The van der Waals surface area contributed by atoms with Crippen molar-refractivity contribution in [1.82, 2.24) is 4.90 Å². The van der Waals surface area contributed by atoms with Crippen LogP contribution in [0.25, 0.3) is 0 Å². The number of thiocarbonyl (C=S) groups is 3. The Kier molecular flexibility index (Phi) is 10.2. The van der Waals surface area contributed by atoms with Gasteiger partial charge in [-0.25, -0.2) is 0 Å². The molecule has 0 N–H and O–H groups in total. The van der Waals surface area contributed by atoms with Crippen LogP contribution in [0.1, 0.15) is 0 Å². The summed E-state index contributed by atoms with van der Waals surface area (Å²) in [5.74, 6) is 0. The maximum atomic E-state index is 5.03. The van der Waals surface area contributed by atoms with E-state index in [-0.39, 0.29) is 8.77 Å². The van der Waals surface area contributed by atoms with Crippen LogP contribution in [0.5, 0.6) is 0 Å². The molecule has 0 radical (unpaired) electrons. The van der Waals surface area contributed by atoms with E-state index in [4.69, 9.17) is 21.7 Å². The second-order valence-electron chi connectivity index (χ2n) is 2.50. The molecule has 0 aliphatic rings. The minimum absolute atomic E-state index is 0.206. The first kappa shape index (κ1) is 16.7. The first-order valence-corrected chi connectivity index (χ1v) is 6.69. The zero-order chi connectivity index (χ0) is 12.6. The molecule has 9 heteroatoms. The molecular weight excluding hydrogens is 322 g/mol. The van der Waals surface area contributed by atoms with Crippen LogP contribution in [-0.2, 0) is 9.47 Å². The summed E-state index contributed by atoms with van der Waals surface area (Å²) in [6, 6.07) is 0. The molecule has 0 bridgehead atoms. The van der Waals surface area contributed by atoms with Crippen molar-refractivity contribution in [2.75, 3.05) is 26.3 Å². The van der Waals surface area contributed by atoms with E-state index in [2.05, 4.69) is 62.3 Å². The molecule has 0 aliphatic heterocycles. The predicted molar refractivity (Wildman–Crippen MR) is 88.2 cm³/mol. The van der Waals surface area contributed by atoms with Gasteiger partial charge in [0, 0.05) is 0 Å². The van der Waals surface area contributed by atoms with Crippen molar-refractivity contribution in [3.63, 3.8) is 0 Å². The molecule has 0 saturated heterocycles. The van der Waals surface area contributed by atoms with Crippen molar-refractivity contribution in [3.8, 4) is 0 Å². The normalized spacial score (nSPS) is 9.44. The van der Waals surface area contributed by atoms with Gasteiger partial charge >= 0.3 is 0 Å². The lowest BCUT2D eigenvalue weighted by atomic mass is 10.5. The van der Waals surface area contributed by atoms with Crippen molar-refractivity contribution in [2.45, 2.75) is 0 Å². The lowest BCUT2D eigenvalue weighted by Crippen LogP contribution is -2.33. The van der Waals surface area contributed by atoms with Gasteiger partial charge in [-0.05, 0) is 24.4 Å². The summed E-state index contributed by atoms with van der Waals surface area (Å²) >= 11 is 26.0. The first-order chi connectivity index (χ1) is 7.43. The lowest BCUT2D eigenvalue weighted by Gasteiger charge is -2.22. The fraction of sp³-hybridized carbons (Fsp3) is 0.571. The van der Waals surface area contributed by atoms with Gasteiger partial charge in [-0.2, -0.15) is 0 Å². The lowest BCUT2D eigenvalue weighted by molar-refractivity contribution is 0.236. The van der Waals surface area contributed by atoms with Crippen LogP contribution in [0.2, 0.25) is 0 Å². The highest BCUT2D eigenvalue weighted by atomic mass is 32.1. The Balaban J connectivity index is 3.84. The van der Waals surface area contributed by atoms with E-state index < -0.39 is 0 Å². The van der Waals surface area contributed by atoms with Crippen molar-refractivity contribution in [2.24, 2.45) is 0 Å². The molecule has 0 spiro atoms. The van der Waals surface area contributed by atoms with E-state index in [0.717, 1.165) is 0 Å². The van der Waals surface area contributed by atoms with Gasteiger partial charge in [-0.15, -0.1) is 12.6 Å². The van der Waals surface area contributed by atoms with Crippen molar-refractivity contribution in [1.29, 1.82) is 0 Å². The van der Waals surface area contributed by atoms with Gasteiger partial charge in [-0.3, -0.25) is 0 Å². The number of rotatable bonds is 6. The van der Waals surface area contributed by atoms with E-state index >= 15 is 0 Å². The zero-order valence-corrected chi connectivity index (χ0v) is 13.3. The van der Waals surface area contributed by atoms with Gasteiger partial charge < -0.3 is 14.4 Å². The van der Waals surface area contributed by atoms with Crippen molar-refractivity contribution in [3.05, 3.63) is 0 Å². The molecule has 0 aromatic heterocycles. The zero-order valence-electron chi connectivity index (χ0n) is 8.16. The Morgan fingerprint density at radius 2 is 1.25 bits per heavy atom. The smallest absolute Gasteiger partial charge is 0.216 e. The van der Waals surface area contributed by atoms with E-state index in [1.807, 2.05) is 0 Å². The first-order valence-electron chi connectivity index (χ1n) is 4.12. The van der Waals surface area contributed by atoms with Crippen LogP contribution in [0.3, 0.4) is 0 Å². The summed E-state index contributed by atoms with van der Waals surface area (Å²) in [5, 5.41) is 0. The molecule has 16 heavy (non-hydrogen) atoms. The SMILES string of the molecule is S=C(S)OCCN(CCOC(=S)S)C(=S)S. The van der Waals surface area contributed by atoms with Crippen molar-refractivity contribution >= 4 is 87.6 Å². The van der Waals surface area contributed by atoms with Crippen LogP contribution in [0, 0.1) is 0 Å². The Hall–Kier alpha value is 0.720. The molecular formula is C7H11NO2S6. The van der Waals surface area contributed by atoms with Gasteiger partial charge in [-0.1, -0.05) is 37.5 Å². The fourth-order valence-corrected chi connectivity index (χ4v) is 1.52. The van der Waals surface area contributed by atoms with E-state index in [1.54, 1.807) is 4.90 Å². The monoisotopic (exact) mass is 333 g/mol. The van der Waals surface area contributed by atoms with Gasteiger partial charge in [0.1, 0.15) is 17.5 Å². The average molecular weight is 334 g/mol. The molecule has 0 saturated carbocycles. The third-order valence-corrected chi connectivity index (χ3v) is 2.48. The summed E-state index contributed by atoms with van der Waals surface area (Å²) in [5.41, 5.74) is 0. The van der Waals surface area contributed by atoms with Gasteiger partial charge in [0.25, 0.3) is 0 Å². The summed E-state index contributed by atoms with van der Waals surface area (Å²) in [6.07, 6.45) is 0. The molecule has 0 aromatic rings. The summed E-state index contributed by atoms with van der Waals surface area (Å²) in [6.45, 7) is 1.92. The average Bonchev–Trinajstić information content (AvgIpc) is 2.14. The van der Waals surface area contributed by atoms with Gasteiger partial charge in [0.15, 0.2) is 0 Å². The standard InChI is InChI=1S/C7H11NO2S6/c11-5(12)8(1-3-9-6(13)14)2-4-10-7(15)16/h1-4H2,(H,11,12)(H,13,14)(H,15,16).